The minimum Gasteiger partial charge on any atom is -0.489 e. The molecule has 0 saturated heterocycles. The van der Waals surface area contributed by atoms with Gasteiger partial charge in [0.1, 0.15) is 11.9 Å². The molecule has 1 fully saturated rings. The van der Waals surface area contributed by atoms with Crippen molar-refractivity contribution in [2.45, 2.75) is 58.1 Å². The summed E-state index contributed by atoms with van der Waals surface area (Å²) in [5.41, 5.74) is 8.68. The Kier molecular flexibility index (Phi) is 4.06. The summed E-state index contributed by atoms with van der Waals surface area (Å²) in [7, 11) is 0. The number of ether oxygens (including phenoxy) is 1. The number of benzene rings is 1. The highest BCUT2D eigenvalue weighted by molar-refractivity contribution is 5.33. The van der Waals surface area contributed by atoms with E-state index in [1.165, 1.54) is 30.4 Å². The molecule has 0 amide bonds. The van der Waals surface area contributed by atoms with Crippen molar-refractivity contribution >= 4 is 0 Å². The van der Waals surface area contributed by atoms with Crippen LogP contribution in [0.2, 0.25) is 0 Å². The molecule has 1 aromatic carbocycles. The second-order valence-corrected chi connectivity index (χ2v) is 5.28. The van der Waals surface area contributed by atoms with Gasteiger partial charge in [-0.3, -0.25) is 0 Å². The fraction of sp³-hybridized carbons (Fsp3) is 0.600. The Morgan fingerprint density at radius 2 is 1.65 bits per heavy atom. The number of rotatable bonds is 2. The summed E-state index contributed by atoms with van der Waals surface area (Å²) in [6, 6.07) is 6.56. The van der Waals surface area contributed by atoms with Crippen molar-refractivity contribution in [1.29, 1.82) is 0 Å². The number of aryl methyl sites for hydroxylation is 2. The predicted octanol–water partition coefficient (Wildman–Crippen LogP) is 3.34. The molecular weight excluding hydrogens is 210 g/mol. The van der Waals surface area contributed by atoms with Gasteiger partial charge in [0.15, 0.2) is 0 Å². The first kappa shape index (κ1) is 12.4. The maximum Gasteiger partial charge on any atom is 0.120 e. The number of hydrogen-bond donors (Lipinski definition) is 1. The highest BCUT2D eigenvalue weighted by Crippen LogP contribution is 2.24. The standard InChI is InChI=1S/C15H23NO/c1-11-8-12(2)10-13(9-11)17-15-7-5-3-4-6-14(15)16/h8-10,14-15H,3-7,16H2,1-2H3. The summed E-state index contributed by atoms with van der Waals surface area (Å²) in [6.07, 6.45) is 6.15. The van der Waals surface area contributed by atoms with Crippen LogP contribution >= 0.6 is 0 Å². The lowest BCUT2D eigenvalue weighted by Gasteiger charge is -2.23. The van der Waals surface area contributed by atoms with Crippen LogP contribution in [0, 0.1) is 13.8 Å². The van der Waals surface area contributed by atoms with E-state index in [0.717, 1.165) is 18.6 Å². The minimum atomic E-state index is 0.193. The van der Waals surface area contributed by atoms with E-state index in [0.29, 0.717) is 0 Å². The molecule has 17 heavy (non-hydrogen) atoms. The van der Waals surface area contributed by atoms with E-state index >= 15 is 0 Å². The second kappa shape index (κ2) is 5.54. The molecule has 2 N–H and O–H groups in total. The van der Waals surface area contributed by atoms with Gasteiger partial charge in [-0.25, -0.2) is 0 Å². The Balaban J connectivity index is 2.07. The molecule has 0 heterocycles. The van der Waals surface area contributed by atoms with Crippen LogP contribution in [0.4, 0.5) is 0 Å². The zero-order valence-corrected chi connectivity index (χ0v) is 10.9. The zero-order valence-electron chi connectivity index (χ0n) is 10.9. The van der Waals surface area contributed by atoms with E-state index in [-0.39, 0.29) is 12.1 Å². The molecule has 0 radical (unpaired) electrons. The molecule has 0 bridgehead atoms. The maximum absolute atomic E-state index is 6.18. The summed E-state index contributed by atoms with van der Waals surface area (Å²) >= 11 is 0. The van der Waals surface area contributed by atoms with E-state index in [2.05, 4.69) is 32.0 Å². The Morgan fingerprint density at radius 3 is 2.35 bits per heavy atom. The molecule has 2 atom stereocenters. The third-order valence-electron chi connectivity index (χ3n) is 3.49. The van der Waals surface area contributed by atoms with Gasteiger partial charge in [-0.05, 0) is 56.4 Å². The summed E-state index contributed by atoms with van der Waals surface area (Å²) in [5.74, 6) is 0.977. The molecule has 1 aliphatic rings. The van der Waals surface area contributed by atoms with E-state index in [9.17, 15) is 0 Å². The quantitative estimate of drug-likeness (QED) is 0.795. The van der Waals surface area contributed by atoms with Crippen LogP contribution in [0.3, 0.4) is 0 Å². The van der Waals surface area contributed by atoms with Crippen molar-refractivity contribution in [2.24, 2.45) is 5.73 Å². The van der Waals surface area contributed by atoms with Crippen LogP contribution in [0.5, 0.6) is 5.75 Å². The third-order valence-corrected chi connectivity index (χ3v) is 3.49. The van der Waals surface area contributed by atoms with E-state index < -0.39 is 0 Å². The van der Waals surface area contributed by atoms with Crippen molar-refractivity contribution in [1.82, 2.24) is 0 Å². The van der Waals surface area contributed by atoms with E-state index in [1.54, 1.807) is 0 Å². The van der Waals surface area contributed by atoms with Crippen molar-refractivity contribution in [3.05, 3.63) is 29.3 Å². The van der Waals surface area contributed by atoms with Gasteiger partial charge >= 0.3 is 0 Å². The fourth-order valence-corrected chi connectivity index (χ4v) is 2.62. The Bertz CT molecular complexity index is 355. The van der Waals surface area contributed by atoms with Crippen LogP contribution in [0.25, 0.3) is 0 Å². The van der Waals surface area contributed by atoms with Gasteiger partial charge in [-0.2, -0.15) is 0 Å². The summed E-state index contributed by atoms with van der Waals surface area (Å²) in [6.45, 7) is 4.21. The summed E-state index contributed by atoms with van der Waals surface area (Å²) in [4.78, 5) is 0. The molecule has 2 unspecified atom stereocenters. The molecule has 94 valence electrons. The topological polar surface area (TPSA) is 35.2 Å². The molecule has 2 nitrogen and oxygen atoms in total. The van der Waals surface area contributed by atoms with Gasteiger partial charge < -0.3 is 10.5 Å². The largest absolute Gasteiger partial charge is 0.489 e. The van der Waals surface area contributed by atoms with Crippen molar-refractivity contribution in [3.8, 4) is 5.75 Å². The van der Waals surface area contributed by atoms with Crippen LogP contribution in [0.15, 0.2) is 18.2 Å². The normalized spacial score (nSPS) is 25.4. The molecule has 0 aromatic heterocycles. The predicted molar refractivity (Wildman–Crippen MR) is 71.4 cm³/mol. The van der Waals surface area contributed by atoms with Crippen LogP contribution in [0.1, 0.15) is 43.2 Å². The number of hydrogen-bond acceptors (Lipinski definition) is 2. The molecule has 1 aromatic rings. The van der Waals surface area contributed by atoms with E-state index in [4.69, 9.17) is 10.5 Å². The third kappa shape index (κ3) is 3.47. The van der Waals surface area contributed by atoms with Crippen LogP contribution in [-0.4, -0.2) is 12.1 Å². The van der Waals surface area contributed by atoms with Gasteiger partial charge in [0, 0.05) is 6.04 Å². The molecule has 0 aliphatic heterocycles. The average Bonchev–Trinajstić information content (AvgIpc) is 2.43. The van der Waals surface area contributed by atoms with Gasteiger partial charge in [-0.15, -0.1) is 0 Å². The van der Waals surface area contributed by atoms with E-state index in [1.807, 2.05) is 0 Å². The number of nitrogens with two attached hydrogens (primary N) is 1. The minimum absolute atomic E-state index is 0.193. The Labute approximate surface area is 104 Å². The Hall–Kier alpha value is -1.02. The zero-order chi connectivity index (χ0) is 12.3. The lowest BCUT2D eigenvalue weighted by atomic mass is 10.1. The molecule has 0 spiro atoms. The molecule has 2 heteroatoms. The molecule has 1 saturated carbocycles. The Morgan fingerprint density at radius 1 is 1.00 bits per heavy atom. The molecule has 1 aliphatic carbocycles. The van der Waals surface area contributed by atoms with Gasteiger partial charge in [0.25, 0.3) is 0 Å². The van der Waals surface area contributed by atoms with Crippen molar-refractivity contribution in [3.63, 3.8) is 0 Å². The lowest BCUT2D eigenvalue weighted by molar-refractivity contribution is 0.162. The highest BCUT2D eigenvalue weighted by Gasteiger charge is 2.21. The van der Waals surface area contributed by atoms with Crippen molar-refractivity contribution in [2.75, 3.05) is 0 Å². The maximum atomic E-state index is 6.18. The fourth-order valence-electron chi connectivity index (χ4n) is 2.62. The smallest absolute Gasteiger partial charge is 0.120 e. The SMILES string of the molecule is Cc1cc(C)cc(OC2CCCCCC2N)c1. The van der Waals surface area contributed by atoms with Crippen LogP contribution in [-0.2, 0) is 0 Å². The first-order valence-electron chi connectivity index (χ1n) is 6.66. The summed E-state index contributed by atoms with van der Waals surface area (Å²) in [5, 5.41) is 0. The first-order chi connectivity index (χ1) is 8.15. The first-order valence-corrected chi connectivity index (χ1v) is 6.66. The molecular formula is C15H23NO. The van der Waals surface area contributed by atoms with Gasteiger partial charge in [-0.1, -0.05) is 18.9 Å². The second-order valence-electron chi connectivity index (χ2n) is 5.28. The molecule has 2 rings (SSSR count). The monoisotopic (exact) mass is 233 g/mol. The lowest BCUT2D eigenvalue weighted by Crippen LogP contribution is -2.37. The van der Waals surface area contributed by atoms with Gasteiger partial charge in [0.2, 0.25) is 0 Å². The highest BCUT2D eigenvalue weighted by atomic mass is 16.5. The average molecular weight is 233 g/mol. The van der Waals surface area contributed by atoms with Gasteiger partial charge in [0.05, 0.1) is 0 Å². The van der Waals surface area contributed by atoms with Crippen LogP contribution < -0.4 is 10.5 Å². The summed E-state index contributed by atoms with van der Waals surface area (Å²) < 4.78 is 6.08. The van der Waals surface area contributed by atoms with Crippen molar-refractivity contribution < 1.29 is 4.74 Å².